The van der Waals surface area contributed by atoms with Crippen LogP contribution in [0.4, 0.5) is 0 Å². The Hall–Kier alpha value is -2.48. The third-order valence-electron chi connectivity index (χ3n) is 3.68. The van der Waals surface area contributed by atoms with E-state index >= 15 is 0 Å². The number of fused-ring (bicyclic) bond motifs is 1. The van der Waals surface area contributed by atoms with E-state index in [0.717, 1.165) is 17.4 Å². The van der Waals surface area contributed by atoms with Gasteiger partial charge in [0.2, 0.25) is 5.76 Å². The Kier molecular flexibility index (Phi) is 5.28. The second-order valence-corrected chi connectivity index (χ2v) is 6.32. The number of nitrogens with zero attached hydrogens (tertiary/aromatic N) is 2. The second kappa shape index (κ2) is 7.60. The zero-order valence-electron chi connectivity index (χ0n) is 14.1. The lowest BCUT2D eigenvalue weighted by atomic mass is 10.1. The van der Waals surface area contributed by atoms with Crippen molar-refractivity contribution < 1.29 is 13.9 Å². The van der Waals surface area contributed by atoms with Crippen molar-refractivity contribution in [3.05, 3.63) is 46.1 Å². The molecule has 132 valence electrons. The minimum atomic E-state index is -0.484. The van der Waals surface area contributed by atoms with Gasteiger partial charge in [0, 0.05) is 23.2 Å². The van der Waals surface area contributed by atoms with Crippen LogP contribution in [0.15, 0.2) is 38.6 Å². The van der Waals surface area contributed by atoms with Crippen LogP contribution in [0.2, 0.25) is 0 Å². The Balaban J connectivity index is 1.94. The number of benzene rings is 1. The lowest BCUT2D eigenvalue weighted by Gasteiger charge is -2.05. The summed E-state index contributed by atoms with van der Waals surface area (Å²) in [6.07, 6.45) is 0.829. The zero-order chi connectivity index (χ0) is 17.8. The minimum Gasteiger partial charge on any atom is -0.460 e. The van der Waals surface area contributed by atoms with Crippen molar-refractivity contribution in [2.24, 2.45) is 0 Å². The number of esters is 1. The van der Waals surface area contributed by atoms with E-state index in [0.29, 0.717) is 23.0 Å². The standard InChI is InChI=1S/C17H19N3O4S/c1-3-9-20-16(22)18-19-17(20)25-10-12-11-7-5-6-8-13(11)24-14(12)15(21)23-4-2/h5-8H,3-4,9-10H2,1-2H3,(H,18,22). The number of para-hydroxylation sites is 1. The summed E-state index contributed by atoms with van der Waals surface area (Å²) in [7, 11) is 0. The number of furan rings is 1. The number of nitrogens with one attached hydrogen (secondary N) is 1. The molecular formula is C17H19N3O4S. The maximum absolute atomic E-state index is 12.2. The normalized spacial score (nSPS) is 11.1. The molecule has 0 aliphatic heterocycles. The van der Waals surface area contributed by atoms with Gasteiger partial charge in [0.05, 0.1) is 6.61 Å². The molecule has 3 aromatic rings. The summed E-state index contributed by atoms with van der Waals surface area (Å²) < 4.78 is 12.4. The second-order valence-electron chi connectivity index (χ2n) is 5.38. The van der Waals surface area contributed by atoms with Crippen LogP contribution in [0.1, 0.15) is 36.4 Å². The number of hydrogen-bond acceptors (Lipinski definition) is 6. The molecule has 0 spiro atoms. The maximum Gasteiger partial charge on any atom is 0.374 e. The highest BCUT2D eigenvalue weighted by Crippen LogP contribution is 2.31. The van der Waals surface area contributed by atoms with Crippen molar-refractivity contribution in [2.75, 3.05) is 6.61 Å². The van der Waals surface area contributed by atoms with Gasteiger partial charge in [-0.15, -0.1) is 5.10 Å². The predicted molar refractivity (Wildman–Crippen MR) is 94.9 cm³/mol. The highest BCUT2D eigenvalue weighted by molar-refractivity contribution is 7.98. The van der Waals surface area contributed by atoms with Gasteiger partial charge in [0.1, 0.15) is 5.58 Å². The first kappa shape index (κ1) is 17.3. The van der Waals surface area contributed by atoms with E-state index in [1.165, 1.54) is 11.8 Å². The molecule has 8 heteroatoms. The van der Waals surface area contributed by atoms with E-state index in [2.05, 4.69) is 10.2 Å². The van der Waals surface area contributed by atoms with Crippen LogP contribution in [0, 0.1) is 0 Å². The fourth-order valence-electron chi connectivity index (χ4n) is 2.57. The fourth-order valence-corrected chi connectivity index (χ4v) is 3.57. The fraction of sp³-hybridized carbons (Fsp3) is 0.353. The number of carbonyl (C=O) groups excluding carboxylic acids is 1. The monoisotopic (exact) mass is 361 g/mol. The summed E-state index contributed by atoms with van der Waals surface area (Å²) >= 11 is 1.38. The van der Waals surface area contributed by atoms with E-state index < -0.39 is 5.97 Å². The summed E-state index contributed by atoms with van der Waals surface area (Å²) in [4.78, 5) is 24.0. The van der Waals surface area contributed by atoms with Crippen molar-refractivity contribution >= 4 is 28.7 Å². The molecule has 0 aliphatic rings. The topological polar surface area (TPSA) is 90.1 Å². The number of rotatable bonds is 7. The van der Waals surface area contributed by atoms with Crippen molar-refractivity contribution in [3.8, 4) is 0 Å². The van der Waals surface area contributed by atoms with Crippen molar-refractivity contribution in [3.63, 3.8) is 0 Å². The molecule has 0 amide bonds. The highest BCUT2D eigenvalue weighted by Gasteiger charge is 2.22. The van der Waals surface area contributed by atoms with Crippen LogP contribution in [0.25, 0.3) is 11.0 Å². The SMILES string of the molecule is CCCn1c(SCc2c(C(=O)OCC)oc3ccccc23)n[nH]c1=O. The third kappa shape index (κ3) is 3.48. The molecule has 0 saturated carbocycles. The molecule has 0 atom stereocenters. The molecule has 1 N–H and O–H groups in total. The van der Waals surface area contributed by atoms with Crippen LogP contribution >= 0.6 is 11.8 Å². The largest absolute Gasteiger partial charge is 0.460 e. The van der Waals surface area contributed by atoms with E-state index in [1.807, 2.05) is 31.2 Å². The van der Waals surface area contributed by atoms with E-state index in [9.17, 15) is 9.59 Å². The van der Waals surface area contributed by atoms with Gasteiger partial charge in [0.25, 0.3) is 0 Å². The maximum atomic E-state index is 12.2. The molecule has 0 unspecified atom stereocenters. The molecule has 3 rings (SSSR count). The number of H-pyrrole nitrogens is 1. The summed E-state index contributed by atoms with van der Waals surface area (Å²) in [6.45, 7) is 4.62. The molecule has 1 aromatic carbocycles. The van der Waals surface area contributed by atoms with Crippen molar-refractivity contribution in [1.29, 1.82) is 0 Å². The molecule has 2 heterocycles. The number of aromatic nitrogens is 3. The van der Waals surface area contributed by atoms with Crippen LogP contribution in [-0.2, 0) is 17.0 Å². The molecular weight excluding hydrogens is 342 g/mol. The first-order valence-electron chi connectivity index (χ1n) is 8.11. The number of carbonyl (C=O) groups is 1. The van der Waals surface area contributed by atoms with Gasteiger partial charge in [-0.25, -0.2) is 14.7 Å². The van der Waals surface area contributed by atoms with Crippen LogP contribution < -0.4 is 5.69 Å². The molecule has 0 radical (unpaired) electrons. The molecule has 0 aliphatic carbocycles. The molecule has 25 heavy (non-hydrogen) atoms. The summed E-state index contributed by atoms with van der Waals surface area (Å²) in [5.41, 5.74) is 1.15. The number of thioether (sulfide) groups is 1. The number of aromatic amines is 1. The highest BCUT2D eigenvalue weighted by atomic mass is 32.2. The molecule has 2 aromatic heterocycles. The summed E-state index contributed by atoms with van der Waals surface area (Å²) in [6, 6.07) is 7.46. The zero-order valence-corrected chi connectivity index (χ0v) is 14.9. The molecule has 0 fully saturated rings. The van der Waals surface area contributed by atoms with Crippen LogP contribution in [0.5, 0.6) is 0 Å². The van der Waals surface area contributed by atoms with Gasteiger partial charge in [-0.1, -0.05) is 36.9 Å². The lowest BCUT2D eigenvalue weighted by Crippen LogP contribution is -2.17. The van der Waals surface area contributed by atoms with Crippen LogP contribution in [-0.4, -0.2) is 27.3 Å². The number of hydrogen-bond donors (Lipinski definition) is 1. The average Bonchev–Trinajstić information content (AvgIpc) is 3.15. The number of ether oxygens (including phenoxy) is 1. The van der Waals surface area contributed by atoms with Gasteiger partial charge in [0.15, 0.2) is 5.16 Å². The lowest BCUT2D eigenvalue weighted by molar-refractivity contribution is 0.0491. The quantitative estimate of drug-likeness (QED) is 0.513. The third-order valence-corrected chi connectivity index (χ3v) is 4.68. The summed E-state index contributed by atoms with van der Waals surface area (Å²) in [5, 5.41) is 7.98. The van der Waals surface area contributed by atoms with Gasteiger partial charge < -0.3 is 9.15 Å². The first-order valence-corrected chi connectivity index (χ1v) is 9.09. The smallest absolute Gasteiger partial charge is 0.374 e. The Labute approximate surface area is 148 Å². The van der Waals surface area contributed by atoms with E-state index in [4.69, 9.17) is 9.15 Å². The minimum absolute atomic E-state index is 0.204. The summed E-state index contributed by atoms with van der Waals surface area (Å²) in [5.74, 6) is 0.164. The Morgan fingerprint density at radius 2 is 2.16 bits per heavy atom. The van der Waals surface area contributed by atoms with E-state index in [-0.39, 0.29) is 18.1 Å². The Morgan fingerprint density at radius 1 is 1.36 bits per heavy atom. The van der Waals surface area contributed by atoms with Crippen molar-refractivity contribution in [1.82, 2.24) is 14.8 Å². The van der Waals surface area contributed by atoms with Gasteiger partial charge in [-0.2, -0.15) is 0 Å². The molecule has 0 bridgehead atoms. The predicted octanol–water partition coefficient (Wildman–Crippen LogP) is 3.20. The van der Waals surface area contributed by atoms with Crippen LogP contribution in [0.3, 0.4) is 0 Å². The molecule has 7 nitrogen and oxygen atoms in total. The Bertz CT molecular complexity index is 941. The van der Waals surface area contributed by atoms with Crippen molar-refractivity contribution in [2.45, 2.75) is 37.7 Å². The molecule has 0 saturated heterocycles. The average molecular weight is 361 g/mol. The van der Waals surface area contributed by atoms with E-state index in [1.54, 1.807) is 11.5 Å². The first-order chi connectivity index (χ1) is 12.2. The van der Waals surface area contributed by atoms with Gasteiger partial charge in [-0.3, -0.25) is 4.57 Å². The Morgan fingerprint density at radius 3 is 2.92 bits per heavy atom. The van der Waals surface area contributed by atoms with Gasteiger partial charge >= 0.3 is 11.7 Å². The van der Waals surface area contributed by atoms with Gasteiger partial charge in [-0.05, 0) is 19.4 Å².